The summed E-state index contributed by atoms with van der Waals surface area (Å²) in [4.78, 5) is 10.8. The number of anilines is 1. The minimum Gasteiger partial charge on any atom is -0.364 e. The molecule has 7 heteroatoms. The van der Waals surface area contributed by atoms with Gasteiger partial charge in [0.05, 0.1) is 4.92 Å². The third-order valence-electron chi connectivity index (χ3n) is 3.67. The number of nitrogens with one attached hydrogen (secondary N) is 2. The van der Waals surface area contributed by atoms with E-state index < -0.39 is 0 Å². The number of nitro groups is 1. The van der Waals surface area contributed by atoms with Crippen molar-refractivity contribution in [3.8, 4) is 0 Å². The van der Waals surface area contributed by atoms with Gasteiger partial charge in [-0.2, -0.15) is 5.10 Å². The summed E-state index contributed by atoms with van der Waals surface area (Å²) in [5.74, 6) is 0.528. The molecule has 0 saturated carbocycles. The second kappa shape index (κ2) is 6.21. The van der Waals surface area contributed by atoms with Crippen LogP contribution in [0.25, 0.3) is 0 Å². The Hall–Kier alpha value is -1.63. The Kier molecular flexibility index (Phi) is 4.59. The van der Waals surface area contributed by atoms with Gasteiger partial charge in [0.25, 0.3) is 0 Å². The zero-order valence-electron chi connectivity index (χ0n) is 12.3. The molecule has 1 saturated heterocycles. The fourth-order valence-corrected chi connectivity index (χ4v) is 2.66. The van der Waals surface area contributed by atoms with Crippen molar-refractivity contribution in [1.82, 2.24) is 15.1 Å². The van der Waals surface area contributed by atoms with E-state index in [1.165, 1.54) is 12.8 Å². The van der Waals surface area contributed by atoms with Crippen LogP contribution in [0, 0.1) is 17.0 Å². The minimum atomic E-state index is -0.350. The van der Waals surface area contributed by atoms with Gasteiger partial charge in [-0.1, -0.05) is 0 Å². The highest BCUT2D eigenvalue weighted by Crippen LogP contribution is 2.30. The third kappa shape index (κ3) is 3.09. The molecule has 0 aliphatic carbocycles. The molecule has 7 nitrogen and oxygen atoms in total. The Labute approximate surface area is 118 Å². The summed E-state index contributed by atoms with van der Waals surface area (Å²) in [6.45, 7) is 7.42. The quantitative estimate of drug-likeness (QED) is 0.617. The fourth-order valence-electron chi connectivity index (χ4n) is 2.66. The van der Waals surface area contributed by atoms with Crippen LogP contribution in [0.2, 0.25) is 0 Å². The first-order valence-corrected chi connectivity index (χ1v) is 7.21. The average molecular weight is 281 g/mol. The molecule has 0 amide bonds. The highest BCUT2D eigenvalue weighted by Gasteiger charge is 2.26. The Morgan fingerprint density at radius 1 is 1.60 bits per heavy atom. The smallest absolute Gasteiger partial charge is 0.333 e. The topological polar surface area (TPSA) is 85.0 Å². The Morgan fingerprint density at radius 2 is 2.35 bits per heavy atom. The second-order valence-electron chi connectivity index (χ2n) is 5.59. The summed E-state index contributed by atoms with van der Waals surface area (Å²) in [6, 6.07) is 0.618. The lowest BCUT2D eigenvalue weighted by Gasteiger charge is -2.14. The molecule has 112 valence electrons. The zero-order valence-corrected chi connectivity index (χ0v) is 12.3. The first-order valence-electron chi connectivity index (χ1n) is 7.21. The first-order chi connectivity index (χ1) is 9.50. The fraction of sp³-hybridized carbons (Fsp3) is 0.769. The van der Waals surface area contributed by atoms with E-state index in [1.54, 1.807) is 11.6 Å². The summed E-state index contributed by atoms with van der Waals surface area (Å²) >= 11 is 0. The summed E-state index contributed by atoms with van der Waals surface area (Å²) in [5.41, 5.74) is 0.559. The largest absolute Gasteiger partial charge is 0.364 e. The summed E-state index contributed by atoms with van der Waals surface area (Å²) < 4.78 is 1.70. The van der Waals surface area contributed by atoms with E-state index in [0.717, 1.165) is 19.5 Å². The third-order valence-corrected chi connectivity index (χ3v) is 3.67. The summed E-state index contributed by atoms with van der Waals surface area (Å²) in [6.07, 6.45) is 3.37. The van der Waals surface area contributed by atoms with Crippen LogP contribution in [0.4, 0.5) is 11.5 Å². The van der Waals surface area contributed by atoms with Crippen LogP contribution >= 0.6 is 0 Å². The maximum Gasteiger partial charge on any atom is 0.333 e. The van der Waals surface area contributed by atoms with Crippen molar-refractivity contribution in [1.29, 1.82) is 0 Å². The lowest BCUT2D eigenvalue weighted by atomic mass is 10.1. The molecule has 0 spiro atoms. The minimum absolute atomic E-state index is 0.0921. The molecule has 20 heavy (non-hydrogen) atoms. The van der Waals surface area contributed by atoms with E-state index in [-0.39, 0.29) is 16.7 Å². The van der Waals surface area contributed by atoms with Crippen molar-refractivity contribution >= 4 is 11.5 Å². The van der Waals surface area contributed by atoms with Crippen molar-refractivity contribution in [3.05, 3.63) is 15.8 Å². The van der Waals surface area contributed by atoms with Crippen molar-refractivity contribution in [2.45, 2.75) is 52.1 Å². The molecule has 0 bridgehead atoms. The van der Waals surface area contributed by atoms with Crippen LogP contribution in [0.5, 0.6) is 0 Å². The Bertz CT molecular complexity index is 477. The molecule has 2 rings (SSSR count). The van der Waals surface area contributed by atoms with E-state index in [9.17, 15) is 10.1 Å². The van der Waals surface area contributed by atoms with Gasteiger partial charge in [-0.3, -0.25) is 10.1 Å². The monoisotopic (exact) mass is 281 g/mol. The van der Waals surface area contributed by atoms with Gasteiger partial charge in [0.15, 0.2) is 0 Å². The Morgan fingerprint density at radius 3 is 2.90 bits per heavy atom. The van der Waals surface area contributed by atoms with Crippen LogP contribution in [0.15, 0.2) is 0 Å². The van der Waals surface area contributed by atoms with Crippen molar-refractivity contribution in [3.63, 3.8) is 0 Å². The molecular weight excluding hydrogens is 258 g/mol. The molecule has 1 atom stereocenters. The van der Waals surface area contributed by atoms with E-state index >= 15 is 0 Å². The van der Waals surface area contributed by atoms with E-state index in [4.69, 9.17) is 0 Å². The van der Waals surface area contributed by atoms with Crippen LogP contribution in [0.3, 0.4) is 0 Å². The molecular formula is C13H23N5O2. The Balaban J connectivity index is 2.09. The first kappa shape index (κ1) is 14.8. The van der Waals surface area contributed by atoms with Crippen LogP contribution < -0.4 is 10.6 Å². The van der Waals surface area contributed by atoms with Crippen molar-refractivity contribution in [2.75, 3.05) is 18.4 Å². The van der Waals surface area contributed by atoms with E-state index in [0.29, 0.717) is 17.6 Å². The van der Waals surface area contributed by atoms with Gasteiger partial charge in [-0.15, -0.1) is 0 Å². The number of aromatic nitrogens is 2. The van der Waals surface area contributed by atoms with Gasteiger partial charge in [-0.25, -0.2) is 4.68 Å². The van der Waals surface area contributed by atoms with Crippen LogP contribution in [-0.2, 0) is 0 Å². The van der Waals surface area contributed by atoms with Gasteiger partial charge in [0.2, 0.25) is 5.82 Å². The number of rotatable bonds is 6. The summed E-state index contributed by atoms with van der Waals surface area (Å²) in [7, 11) is 0. The maximum absolute atomic E-state index is 11.2. The SMILES string of the molecule is Cc1nn(C(C)C)c(NCC[C@@H]2CCCN2)c1[N+](=O)[O-]. The normalized spacial score (nSPS) is 18.7. The molecule has 1 fully saturated rings. The number of nitrogens with zero attached hydrogens (tertiary/aromatic N) is 3. The van der Waals surface area contributed by atoms with Crippen LogP contribution in [0.1, 0.15) is 44.8 Å². The zero-order chi connectivity index (χ0) is 14.7. The average Bonchev–Trinajstić information content (AvgIpc) is 2.97. The summed E-state index contributed by atoms with van der Waals surface area (Å²) in [5, 5.41) is 22.1. The highest BCUT2D eigenvalue weighted by molar-refractivity contribution is 5.59. The number of hydrogen-bond acceptors (Lipinski definition) is 5. The maximum atomic E-state index is 11.2. The lowest BCUT2D eigenvalue weighted by molar-refractivity contribution is -0.384. The molecule has 1 aliphatic rings. The van der Waals surface area contributed by atoms with Gasteiger partial charge < -0.3 is 10.6 Å². The predicted molar refractivity (Wildman–Crippen MR) is 78.1 cm³/mol. The second-order valence-corrected chi connectivity index (χ2v) is 5.59. The van der Waals surface area contributed by atoms with Crippen molar-refractivity contribution in [2.24, 2.45) is 0 Å². The predicted octanol–water partition coefficient (Wildman–Crippen LogP) is 2.23. The van der Waals surface area contributed by atoms with Gasteiger partial charge >= 0.3 is 5.69 Å². The van der Waals surface area contributed by atoms with E-state index in [1.807, 2.05) is 13.8 Å². The molecule has 2 heterocycles. The van der Waals surface area contributed by atoms with Gasteiger partial charge in [-0.05, 0) is 46.6 Å². The molecule has 1 aliphatic heterocycles. The highest BCUT2D eigenvalue weighted by atomic mass is 16.6. The van der Waals surface area contributed by atoms with Crippen molar-refractivity contribution < 1.29 is 4.92 Å². The number of hydrogen-bond donors (Lipinski definition) is 2. The standard InChI is InChI=1S/C13H23N5O2/c1-9(2)17-13(12(18(19)20)10(3)16-17)15-8-6-11-5-4-7-14-11/h9,11,14-15H,4-8H2,1-3H3/t11-/m0/s1. The molecule has 0 aromatic carbocycles. The van der Waals surface area contributed by atoms with Crippen LogP contribution in [-0.4, -0.2) is 33.8 Å². The van der Waals surface area contributed by atoms with Gasteiger partial charge in [0, 0.05) is 18.6 Å². The molecule has 0 radical (unpaired) electrons. The molecule has 1 aromatic heterocycles. The van der Waals surface area contributed by atoms with E-state index in [2.05, 4.69) is 15.7 Å². The lowest BCUT2D eigenvalue weighted by Crippen LogP contribution is -2.24. The molecule has 0 unspecified atom stereocenters. The van der Waals surface area contributed by atoms with Gasteiger partial charge in [0.1, 0.15) is 5.69 Å². The molecule has 2 N–H and O–H groups in total. The molecule has 1 aromatic rings. The number of aryl methyl sites for hydroxylation is 1.